The average molecular weight is 309 g/mol. The minimum atomic E-state index is -0.238. The van der Waals surface area contributed by atoms with Gasteiger partial charge in [0.25, 0.3) is 5.91 Å². The number of aromatic nitrogens is 3. The number of carbonyl (C=O) groups is 1. The lowest BCUT2D eigenvalue weighted by molar-refractivity contribution is 0.0957. The summed E-state index contributed by atoms with van der Waals surface area (Å²) in [5, 5.41) is 15.0. The second-order valence-corrected chi connectivity index (χ2v) is 5.37. The molecule has 3 N–H and O–H groups in total. The lowest BCUT2D eigenvalue weighted by Gasteiger charge is -2.06. The maximum absolute atomic E-state index is 11.4. The minimum absolute atomic E-state index is 0.238. The molecule has 0 unspecified atom stereocenters. The third kappa shape index (κ3) is 3.15. The van der Waals surface area contributed by atoms with E-state index in [9.17, 15) is 4.79 Å². The van der Waals surface area contributed by atoms with Crippen LogP contribution in [-0.4, -0.2) is 34.7 Å². The van der Waals surface area contributed by atoms with Crippen molar-refractivity contribution in [1.29, 1.82) is 0 Å². The minimum Gasteiger partial charge on any atom is -0.368 e. The monoisotopic (exact) mass is 309 g/mol. The average Bonchev–Trinajstić information content (AvgIpc) is 2.99. The van der Waals surface area contributed by atoms with Crippen molar-refractivity contribution in [2.75, 3.05) is 18.9 Å². The summed E-state index contributed by atoms with van der Waals surface area (Å²) in [6.45, 7) is 2.87. The zero-order chi connectivity index (χ0) is 16.2. The fourth-order valence-electron chi connectivity index (χ4n) is 2.65. The molecule has 0 aliphatic rings. The first-order chi connectivity index (χ1) is 11.2. The zero-order valence-electron chi connectivity index (χ0n) is 13.2. The van der Waals surface area contributed by atoms with Crippen LogP contribution >= 0.6 is 0 Å². The molecule has 0 saturated heterocycles. The Morgan fingerprint density at radius 2 is 2.09 bits per heavy atom. The van der Waals surface area contributed by atoms with Gasteiger partial charge in [0.1, 0.15) is 5.82 Å². The molecule has 2 heterocycles. The second kappa shape index (κ2) is 6.48. The lowest BCUT2D eigenvalue weighted by Crippen LogP contribution is -2.20. The Hall–Kier alpha value is -2.89. The van der Waals surface area contributed by atoms with Gasteiger partial charge in [0.2, 0.25) is 0 Å². The van der Waals surface area contributed by atoms with Gasteiger partial charge in [0.15, 0.2) is 5.69 Å². The van der Waals surface area contributed by atoms with Crippen LogP contribution in [0.1, 0.15) is 21.6 Å². The summed E-state index contributed by atoms with van der Waals surface area (Å²) in [5.41, 5.74) is 4.02. The highest BCUT2D eigenvalue weighted by molar-refractivity contribution is 5.91. The van der Waals surface area contributed by atoms with Crippen LogP contribution in [0.15, 0.2) is 36.5 Å². The number of amides is 1. The van der Waals surface area contributed by atoms with E-state index in [2.05, 4.69) is 57.1 Å². The highest BCUT2D eigenvalue weighted by Gasteiger charge is 2.07. The van der Waals surface area contributed by atoms with E-state index >= 15 is 0 Å². The van der Waals surface area contributed by atoms with Crippen molar-refractivity contribution in [2.24, 2.45) is 0 Å². The Kier molecular flexibility index (Phi) is 4.23. The fraction of sp³-hybridized carbons (Fsp3) is 0.235. The SMILES string of the molecule is CNC(=O)c1ccc(NCCc2c[nH]c3cccc(C)c23)nn1. The molecule has 3 aromatic rings. The van der Waals surface area contributed by atoms with E-state index in [0.717, 1.165) is 18.5 Å². The van der Waals surface area contributed by atoms with Crippen molar-refractivity contribution in [3.63, 3.8) is 0 Å². The van der Waals surface area contributed by atoms with Gasteiger partial charge < -0.3 is 15.6 Å². The van der Waals surface area contributed by atoms with Crippen LogP contribution in [0.2, 0.25) is 0 Å². The molecule has 3 rings (SSSR count). The van der Waals surface area contributed by atoms with E-state index in [0.29, 0.717) is 11.5 Å². The predicted octanol–water partition coefficient (Wildman–Crippen LogP) is 2.28. The number of hydrogen-bond donors (Lipinski definition) is 3. The number of nitrogens with zero attached hydrogens (tertiary/aromatic N) is 2. The molecule has 6 nitrogen and oxygen atoms in total. The maximum atomic E-state index is 11.4. The van der Waals surface area contributed by atoms with Crippen LogP contribution in [0.25, 0.3) is 10.9 Å². The summed E-state index contributed by atoms with van der Waals surface area (Å²) in [5.74, 6) is 0.424. The molecule has 2 aromatic heterocycles. The van der Waals surface area contributed by atoms with Crippen molar-refractivity contribution >= 4 is 22.6 Å². The van der Waals surface area contributed by atoms with Crippen molar-refractivity contribution in [1.82, 2.24) is 20.5 Å². The Balaban J connectivity index is 1.64. The molecule has 0 saturated carbocycles. The van der Waals surface area contributed by atoms with E-state index in [4.69, 9.17) is 0 Å². The van der Waals surface area contributed by atoms with Gasteiger partial charge in [-0.15, -0.1) is 10.2 Å². The van der Waals surface area contributed by atoms with Gasteiger partial charge >= 0.3 is 0 Å². The number of hydrogen-bond acceptors (Lipinski definition) is 4. The summed E-state index contributed by atoms with van der Waals surface area (Å²) in [6, 6.07) is 9.68. The number of H-pyrrole nitrogens is 1. The summed E-state index contributed by atoms with van der Waals surface area (Å²) >= 11 is 0. The number of aryl methyl sites for hydroxylation is 1. The highest BCUT2D eigenvalue weighted by atomic mass is 16.1. The molecule has 118 valence electrons. The van der Waals surface area contributed by atoms with Crippen LogP contribution in [0.4, 0.5) is 5.82 Å². The molecule has 0 atom stereocenters. The molecule has 23 heavy (non-hydrogen) atoms. The van der Waals surface area contributed by atoms with Gasteiger partial charge in [-0.3, -0.25) is 4.79 Å². The third-order valence-electron chi connectivity index (χ3n) is 3.82. The van der Waals surface area contributed by atoms with Gasteiger partial charge in [-0.25, -0.2) is 0 Å². The fourth-order valence-corrected chi connectivity index (χ4v) is 2.65. The number of nitrogens with one attached hydrogen (secondary N) is 3. The second-order valence-electron chi connectivity index (χ2n) is 5.37. The van der Waals surface area contributed by atoms with E-state index < -0.39 is 0 Å². The third-order valence-corrected chi connectivity index (χ3v) is 3.82. The van der Waals surface area contributed by atoms with Crippen LogP contribution < -0.4 is 10.6 Å². The predicted molar refractivity (Wildman–Crippen MR) is 90.7 cm³/mol. The van der Waals surface area contributed by atoms with Crippen LogP contribution in [0.3, 0.4) is 0 Å². The first-order valence-electron chi connectivity index (χ1n) is 7.54. The Labute approximate surface area is 134 Å². The summed E-state index contributed by atoms with van der Waals surface area (Å²) in [4.78, 5) is 14.7. The van der Waals surface area contributed by atoms with Crippen molar-refractivity contribution in [2.45, 2.75) is 13.3 Å². The van der Waals surface area contributed by atoms with Crippen molar-refractivity contribution < 1.29 is 4.79 Å². The quantitative estimate of drug-likeness (QED) is 0.675. The number of anilines is 1. The Morgan fingerprint density at radius 1 is 1.22 bits per heavy atom. The summed E-state index contributed by atoms with van der Waals surface area (Å²) < 4.78 is 0. The molecular formula is C17H19N5O. The first-order valence-corrected chi connectivity index (χ1v) is 7.54. The van der Waals surface area contributed by atoms with E-state index in [1.54, 1.807) is 19.2 Å². The van der Waals surface area contributed by atoms with Gasteiger partial charge in [0, 0.05) is 30.7 Å². The van der Waals surface area contributed by atoms with Gasteiger partial charge in [-0.05, 0) is 42.7 Å². The smallest absolute Gasteiger partial charge is 0.271 e. The zero-order valence-corrected chi connectivity index (χ0v) is 13.2. The number of benzene rings is 1. The Morgan fingerprint density at radius 3 is 2.83 bits per heavy atom. The topological polar surface area (TPSA) is 82.7 Å². The van der Waals surface area contributed by atoms with Crippen LogP contribution in [0, 0.1) is 6.92 Å². The summed E-state index contributed by atoms with van der Waals surface area (Å²) in [6.07, 6.45) is 2.93. The molecule has 1 amide bonds. The van der Waals surface area contributed by atoms with Crippen molar-refractivity contribution in [3.05, 3.63) is 53.3 Å². The largest absolute Gasteiger partial charge is 0.368 e. The molecule has 0 aliphatic heterocycles. The lowest BCUT2D eigenvalue weighted by atomic mass is 10.1. The number of aromatic amines is 1. The van der Waals surface area contributed by atoms with Crippen LogP contribution in [-0.2, 0) is 6.42 Å². The first kappa shape index (κ1) is 15.0. The summed E-state index contributed by atoms with van der Waals surface area (Å²) in [7, 11) is 1.57. The maximum Gasteiger partial charge on any atom is 0.271 e. The highest BCUT2D eigenvalue weighted by Crippen LogP contribution is 2.22. The number of carbonyl (C=O) groups excluding carboxylic acids is 1. The van der Waals surface area contributed by atoms with Gasteiger partial charge in [-0.2, -0.15) is 0 Å². The van der Waals surface area contributed by atoms with E-state index in [1.807, 2.05) is 0 Å². The van der Waals surface area contributed by atoms with Crippen molar-refractivity contribution in [3.8, 4) is 0 Å². The normalized spacial score (nSPS) is 10.7. The molecule has 0 radical (unpaired) electrons. The van der Waals surface area contributed by atoms with Crippen LogP contribution in [0.5, 0.6) is 0 Å². The van der Waals surface area contributed by atoms with E-state index in [1.165, 1.54) is 16.5 Å². The standard InChI is InChI=1S/C17H19N5O/c1-11-4-3-5-13-16(11)12(10-20-13)8-9-19-15-7-6-14(21-22-15)17(23)18-2/h3-7,10,20H,8-9H2,1-2H3,(H,18,23)(H,19,22). The molecule has 0 fully saturated rings. The molecule has 0 bridgehead atoms. The number of rotatable bonds is 5. The van der Waals surface area contributed by atoms with E-state index in [-0.39, 0.29) is 5.91 Å². The molecular weight excluding hydrogens is 290 g/mol. The Bertz CT molecular complexity index is 823. The molecule has 6 heteroatoms. The molecule has 1 aromatic carbocycles. The van der Waals surface area contributed by atoms with Gasteiger partial charge in [0.05, 0.1) is 0 Å². The molecule has 0 aliphatic carbocycles. The number of fused-ring (bicyclic) bond motifs is 1. The van der Waals surface area contributed by atoms with Gasteiger partial charge in [-0.1, -0.05) is 12.1 Å². The molecule has 0 spiro atoms.